The van der Waals surface area contributed by atoms with Crippen LogP contribution in [-0.4, -0.2) is 16.3 Å². The average Bonchev–Trinajstić information content (AvgIpc) is 2.91. The first-order chi connectivity index (χ1) is 12.5. The molecule has 3 rings (SSSR count). The van der Waals surface area contributed by atoms with Gasteiger partial charge in [-0.25, -0.2) is 0 Å². The number of thioether (sulfide) groups is 1. The number of carbonyl (C=O) groups is 1. The number of amides is 1. The van der Waals surface area contributed by atoms with E-state index in [1.165, 1.54) is 11.8 Å². The number of rotatable bonds is 5. The highest BCUT2D eigenvalue weighted by Gasteiger charge is 2.33. The SMILES string of the molecule is CC[C@@H](C)Oc1ccc(/C=C2/SC(=S)N(c3ccc(C)cc3)C2=O)cc1. The lowest BCUT2D eigenvalue weighted by Crippen LogP contribution is -2.27. The summed E-state index contributed by atoms with van der Waals surface area (Å²) in [4.78, 5) is 15.0. The number of aryl methyl sites for hydroxylation is 1. The van der Waals surface area contributed by atoms with Crippen LogP contribution in [0.15, 0.2) is 53.4 Å². The molecule has 0 spiro atoms. The highest BCUT2D eigenvalue weighted by atomic mass is 32.2. The van der Waals surface area contributed by atoms with E-state index < -0.39 is 0 Å². The van der Waals surface area contributed by atoms with Crippen LogP contribution < -0.4 is 9.64 Å². The molecule has 26 heavy (non-hydrogen) atoms. The van der Waals surface area contributed by atoms with Crippen LogP contribution in [0.2, 0.25) is 0 Å². The first-order valence-electron chi connectivity index (χ1n) is 8.59. The van der Waals surface area contributed by atoms with Gasteiger partial charge in [0.05, 0.1) is 16.7 Å². The minimum absolute atomic E-state index is 0.0798. The summed E-state index contributed by atoms with van der Waals surface area (Å²) in [5.74, 6) is 0.757. The van der Waals surface area contributed by atoms with Crippen molar-refractivity contribution in [2.24, 2.45) is 0 Å². The average molecular weight is 384 g/mol. The Morgan fingerprint density at radius 3 is 2.42 bits per heavy atom. The number of ether oxygens (including phenoxy) is 1. The highest BCUT2D eigenvalue weighted by Crippen LogP contribution is 2.36. The number of anilines is 1. The van der Waals surface area contributed by atoms with Gasteiger partial charge in [0.25, 0.3) is 5.91 Å². The number of carbonyl (C=O) groups excluding carboxylic acids is 1. The first kappa shape index (κ1) is 18.7. The summed E-state index contributed by atoms with van der Waals surface area (Å²) < 4.78 is 6.35. The van der Waals surface area contributed by atoms with E-state index in [0.29, 0.717) is 9.23 Å². The predicted molar refractivity (Wildman–Crippen MR) is 114 cm³/mol. The molecule has 1 amide bonds. The predicted octanol–water partition coefficient (Wildman–Crippen LogP) is 5.58. The molecule has 0 N–H and O–H groups in total. The fraction of sp³-hybridized carbons (Fsp3) is 0.238. The normalized spacial score (nSPS) is 17.0. The van der Waals surface area contributed by atoms with Crippen LogP contribution in [0.1, 0.15) is 31.4 Å². The second-order valence-electron chi connectivity index (χ2n) is 6.26. The van der Waals surface area contributed by atoms with E-state index >= 15 is 0 Å². The summed E-state index contributed by atoms with van der Waals surface area (Å²) in [6, 6.07) is 15.6. The fourth-order valence-corrected chi connectivity index (χ4v) is 3.79. The van der Waals surface area contributed by atoms with Crippen LogP contribution in [0.25, 0.3) is 6.08 Å². The van der Waals surface area contributed by atoms with Gasteiger partial charge in [-0.15, -0.1) is 0 Å². The van der Waals surface area contributed by atoms with Gasteiger partial charge in [-0.2, -0.15) is 0 Å². The Bertz CT molecular complexity index is 841. The third-order valence-electron chi connectivity index (χ3n) is 4.18. The van der Waals surface area contributed by atoms with Crippen molar-refractivity contribution < 1.29 is 9.53 Å². The van der Waals surface area contributed by atoms with Crippen LogP contribution in [0.5, 0.6) is 5.75 Å². The van der Waals surface area contributed by atoms with Gasteiger partial charge in [0.1, 0.15) is 5.75 Å². The van der Waals surface area contributed by atoms with Crippen molar-refractivity contribution in [2.75, 3.05) is 4.90 Å². The number of nitrogens with zero attached hydrogens (tertiary/aromatic N) is 1. The van der Waals surface area contributed by atoms with Gasteiger partial charge in [0, 0.05) is 0 Å². The maximum Gasteiger partial charge on any atom is 0.270 e. The molecule has 134 valence electrons. The fourth-order valence-electron chi connectivity index (χ4n) is 2.49. The van der Waals surface area contributed by atoms with E-state index in [-0.39, 0.29) is 12.0 Å². The molecular weight excluding hydrogens is 362 g/mol. The summed E-state index contributed by atoms with van der Waals surface area (Å²) in [6.45, 7) is 6.15. The second-order valence-corrected chi connectivity index (χ2v) is 7.93. The zero-order valence-electron chi connectivity index (χ0n) is 15.1. The molecule has 1 aliphatic heterocycles. The standard InChI is InChI=1S/C21H21NO2S2/c1-4-15(3)24-18-11-7-16(8-12-18)13-19-20(23)22(21(25)26-19)17-9-5-14(2)6-10-17/h5-13,15H,4H2,1-3H3/b19-13+/t15-/m1/s1. The maximum absolute atomic E-state index is 12.8. The van der Waals surface area contributed by atoms with Gasteiger partial charge in [-0.1, -0.05) is 60.7 Å². The van der Waals surface area contributed by atoms with E-state index in [9.17, 15) is 4.79 Å². The van der Waals surface area contributed by atoms with Crippen LogP contribution >= 0.6 is 24.0 Å². The molecule has 0 saturated carbocycles. The second kappa shape index (κ2) is 8.06. The van der Waals surface area contributed by atoms with Gasteiger partial charge in [0.15, 0.2) is 4.32 Å². The van der Waals surface area contributed by atoms with Crippen molar-refractivity contribution in [3.8, 4) is 5.75 Å². The Morgan fingerprint density at radius 1 is 1.15 bits per heavy atom. The van der Waals surface area contributed by atoms with Crippen molar-refractivity contribution in [3.05, 3.63) is 64.6 Å². The molecule has 2 aromatic carbocycles. The molecule has 1 heterocycles. The van der Waals surface area contributed by atoms with Crippen LogP contribution in [-0.2, 0) is 4.79 Å². The Kier molecular flexibility index (Phi) is 5.79. The Balaban J connectivity index is 1.78. The smallest absolute Gasteiger partial charge is 0.270 e. The van der Waals surface area contributed by atoms with Gasteiger partial charge < -0.3 is 4.74 Å². The minimum atomic E-state index is -0.0798. The van der Waals surface area contributed by atoms with E-state index in [2.05, 4.69) is 6.92 Å². The number of hydrogen-bond acceptors (Lipinski definition) is 4. The van der Waals surface area contributed by atoms with E-state index in [1.54, 1.807) is 4.90 Å². The highest BCUT2D eigenvalue weighted by molar-refractivity contribution is 8.27. The lowest BCUT2D eigenvalue weighted by molar-refractivity contribution is -0.113. The van der Waals surface area contributed by atoms with E-state index in [0.717, 1.165) is 29.0 Å². The van der Waals surface area contributed by atoms with Crippen molar-refractivity contribution in [2.45, 2.75) is 33.3 Å². The molecule has 1 atom stereocenters. The van der Waals surface area contributed by atoms with Crippen LogP contribution in [0.4, 0.5) is 5.69 Å². The molecule has 2 aromatic rings. The van der Waals surface area contributed by atoms with Gasteiger partial charge in [0.2, 0.25) is 0 Å². The molecule has 1 fully saturated rings. The molecule has 0 aromatic heterocycles. The largest absolute Gasteiger partial charge is 0.491 e. The maximum atomic E-state index is 12.8. The van der Waals surface area contributed by atoms with Crippen molar-refractivity contribution in [3.63, 3.8) is 0 Å². The zero-order chi connectivity index (χ0) is 18.7. The van der Waals surface area contributed by atoms with E-state index in [1.807, 2.05) is 68.5 Å². The topological polar surface area (TPSA) is 29.5 Å². The quantitative estimate of drug-likeness (QED) is 0.498. The summed E-state index contributed by atoms with van der Waals surface area (Å²) in [6.07, 6.45) is 3.02. The minimum Gasteiger partial charge on any atom is -0.491 e. The lowest BCUT2D eigenvalue weighted by atomic mass is 10.2. The molecule has 0 radical (unpaired) electrons. The van der Waals surface area contributed by atoms with Crippen LogP contribution in [0.3, 0.4) is 0 Å². The molecule has 3 nitrogen and oxygen atoms in total. The molecule has 0 unspecified atom stereocenters. The number of thiocarbonyl (C=S) groups is 1. The molecular formula is C21H21NO2S2. The third kappa shape index (κ3) is 4.17. The van der Waals surface area contributed by atoms with Gasteiger partial charge in [-0.3, -0.25) is 9.69 Å². The molecule has 1 saturated heterocycles. The summed E-state index contributed by atoms with van der Waals surface area (Å²) in [7, 11) is 0. The number of benzene rings is 2. The zero-order valence-corrected chi connectivity index (χ0v) is 16.7. The van der Waals surface area contributed by atoms with Crippen molar-refractivity contribution >= 4 is 46.0 Å². The first-order valence-corrected chi connectivity index (χ1v) is 9.81. The summed E-state index contributed by atoms with van der Waals surface area (Å²) in [5.41, 5.74) is 2.90. The van der Waals surface area contributed by atoms with Gasteiger partial charge in [-0.05, 0) is 56.2 Å². The lowest BCUT2D eigenvalue weighted by Gasteiger charge is -2.14. The van der Waals surface area contributed by atoms with Crippen LogP contribution in [0, 0.1) is 6.92 Å². The Labute approximate surface area is 164 Å². The summed E-state index contributed by atoms with van der Waals surface area (Å²) >= 11 is 6.75. The molecule has 0 aliphatic carbocycles. The monoisotopic (exact) mass is 383 g/mol. The Hall–Kier alpha value is -2.11. The van der Waals surface area contributed by atoms with E-state index in [4.69, 9.17) is 17.0 Å². The molecule has 5 heteroatoms. The van der Waals surface area contributed by atoms with Gasteiger partial charge >= 0.3 is 0 Å². The summed E-state index contributed by atoms with van der Waals surface area (Å²) in [5, 5.41) is 0. The Morgan fingerprint density at radius 2 is 1.81 bits per heavy atom. The molecule has 0 bridgehead atoms. The molecule has 1 aliphatic rings. The van der Waals surface area contributed by atoms with Crippen molar-refractivity contribution in [1.29, 1.82) is 0 Å². The third-order valence-corrected chi connectivity index (χ3v) is 5.48. The van der Waals surface area contributed by atoms with Crippen molar-refractivity contribution in [1.82, 2.24) is 0 Å². The number of hydrogen-bond donors (Lipinski definition) is 0.